The van der Waals surface area contributed by atoms with E-state index in [0.717, 1.165) is 25.4 Å². The summed E-state index contributed by atoms with van der Waals surface area (Å²) in [5.41, 5.74) is 2.50. The van der Waals surface area contributed by atoms with Gasteiger partial charge in [0.25, 0.3) is 0 Å². The Kier molecular flexibility index (Phi) is 7.14. The summed E-state index contributed by atoms with van der Waals surface area (Å²) in [5, 5.41) is 3.32. The molecule has 100 valence electrons. The van der Waals surface area contributed by atoms with Crippen molar-refractivity contribution in [2.24, 2.45) is 0 Å². The molecule has 0 saturated carbocycles. The Morgan fingerprint density at radius 3 is 2.61 bits per heavy atom. The molecule has 0 aliphatic carbocycles. The van der Waals surface area contributed by atoms with E-state index in [2.05, 4.69) is 30.4 Å². The Labute approximate surface area is 110 Å². The molecule has 1 aromatic rings. The van der Waals surface area contributed by atoms with Crippen LogP contribution in [-0.2, 0) is 4.74 Å². The lowest BCUT2D eigenvalue weighted by atomic mass is 10.1. The normalized spacial score (nSPS) is 11.6. The molecule has 0 bridgehead atoms. The molecule has 1 rings (SSSR count). The molecule has 0 atom stereocenters. The lowest BCUT2D eigenvalue weighted by Crippen LogP contribution is -2.20. The Bertz CT molecular complexity index is 357. The molecule has 3 nitrogen and oxygen atoms in total. The highest BCUT2D eigenvalue weighted by Gasteiger charge is 1.94. The van der Waals surface area contributed by atoms with E-state index < -0.39 is 0 Å². The first-order valence-corrected chi connectivity index (χ1v) is 6.36. The van der Waals surface area contributed by atoms with Crippen molar-refractivity contribution in [2.75, 3.05) is 33.4 Å². The standard InChI is InChI=1S/C15H23NO2/c1-4-18-15-7-5-14(6-8-15)11-13(2)12-16-9-10-17-3/h5-8,11,16H,4,9-10,12H2,1-3H3. The molecule has 0 aromatic heterocycles. The van der Waals surface area contributed by atoms with Crippen molar-refractivity contribution in [1.29, 1.82) is 0 Å². The minimum atomic E-state index is 0.706. The Morgan fingerprint density at radius 1 is 1.28 bits per heavy atom. The quantitative estimate of drug-likeness (QED) is 0.719. The summed E-state index contributed by atoms with van der Waals surface area (Å²) in [5.74, 6) is 0.922. The van der Waals surface area contributed by atoms with Crippen molar-refractivity contribution < 1.29 is 9.47 Å². The molecular weight excluding hydrogens is 226 g/mol. The van der Waals surface area contributed by atoms with Gasteiger partial charge in [-0.1, -0.05) is 23.8 Å². The molecule has 0 spiro atoms. The van der Waals surface area contributed by atoms with Crippen LogP contribution in [0.5, 0.6) is 5.75 Å². The van der Waals surface area contributed by atoms with Gasteiger partial charge in [-0.25, -0.2) is 0 Å². The average Bonchev–Trinajstić information content (AvgIpc) is 2.37. The smallest absolute Gasteiger partial charge is 0.119 e. The van der Waals surface area contributed by atoms with Gasteiger partial charge >= 0.3 is 0 Å². The number of nitrogens with one attached hydrogen (secondary N) is 1. The fraction of sp³-hybridized carbons (Fsp3) is 0.467. The summed E-state index contributed by atoms with van der Waals surface area (Å²) < 4.78 is 10.4. The fourth-order valence-electron chi connectivity index (χ4n) is 1.62. The summed E-state index contributed by atoms with van der Waals surface area (Å²) in [6.45, 7) is 7.33. The SMILES string of the molecule is CCOc1ccc(C=C(C)CNCCOC)cc1. The molecule has 1 aromatic carbocycles. The first-order chi connectivity index (χ1) is 8.76. The van der Waals surface area contributed by atoms with Gasteiger partial charge < -0.3 is 14.8 Å². The summed E-state index contributed by atoms with van der Waals surface area (Å²) in [6, 6.07) is 8.15. The molecule has 1 N–H and O–H groups in total. The summed E-state index contributed by atoms with van der Waals surface area (Å²) in [7, 11) is 1.71. The summed E-state index contributed by atoms with van der Waals surface area (Å²) in [4.78, 5) is 0. The van der Waals surface area contributed by atoms with E-state index in [1.54, 1.807) is 7.11 Å². The van der Waals surface area contributed by atoms with Gasteiger partial charge in [0.05, 0.1) is 13.2 Å². The highest BCUT2D eigenvalue weighted by atomic mass is 16.5. The largest absolute Gasteiger partial charge is 0.494 e. The maximum atomic E-state index is 5.41. The van der Waals surface area contributed by atoms with E-state index in [4.69, 9.17) is 9.47 Å². The van der Waals surface area contributed by atoms with Crippen molar-refractivity contribution in [3.05, 3.63) is 35.4 Å². The van der Waals surface area contributed by atoms with Gasteiger partial charge in [-0.2, -0.15) is 0 Å². The van der Waals surface area contributed by atoms with Crippen LogP contribution in [0.1, 0.15) is 19.4 Å². The lowest BCUT2D eigenvalue weighted by molar-refractivity contribution is 0.200. The molecule has 0 aliphatic rings. The van der Waals surface area contributed by atoms with Gasteiger partial charge in [0, 0.05) is 20.2 Å². The highest BCUT2D eigenvalue weighted by Crippen LogP contribution is 2.14. The molecule has 0 radical (unpaired) electrons. The molecule has 0 unspecified atom stereocenters. The van der Waals surface area contributed by atoms with E-state index in [0.29, 0.717) is 6.61 Å². The summed E-state index contributed by atoms with van der Waals surface area (Å²) >= 11 is 0. The minimum absolute atomic E-state index is 0.706. The second-order valence-electron chi connectivity index (χ2n) is 4.16. The molecule has 0 amide bonds. The second kappa shape index (κ2) is 8.72. The van der Waals surface area contributed by atoms with Gasteiger partial charge in [0.2, 0.25) is 0 Å². The predicted molar refractivity (Wildman–Crippen MR) is 76.0 cm³/mol. The Balaban J connectivity index is 2.43. The van der Waals surface area contributed by atoms with Crippen molar-refractivity contribution in [3.63, 3.8) is 0 Å². The monoisotopic (exact) mass is 249 g/mol. The maximum Gasteiger partial charge on any atom is 0.119 e. The van der Waals surface area contributed by atoms with Crippen LogP contribution in [0.25, 0.3) is 6.08 Å². The second-order valence-corrected chi connectivity index (χ2v) is 4.16. The number of benzene rings is 1. The van der Waals surface area contributed by atoms with Crippen LogP contribution in [0.3, 0.4) is 0 Å². The van der Waals surface area contributed by atoms with E-state index in [1.807, 2.05) is 19.1 Å². The number of methoxy groups -OCH3 is 1. The van der Waals surface area contributed by atoms with Crippen molar-refractivity contribution in [1.82, 2.24) is 5.32 Å². The zero-order valence-electron chi connectivity index (χ0n) is 11.5. The predicted octanol–water partition coefficient (Wildman–Crippen LogP) is 2.72. The third-order valence-corrected chi connectivity index (χ3v) is 2.49. The third kappa shape index (κ3) is 5.84. The van der Waals surface area contributed by atoms with Gasteiger partial charge in [-0.15, -0.1) is 0 Å². The van der Waals surface area contributed by atoms with Crippen LogP contribution in [0, 0.1) is 0 Å². The number of rotatable bonds is 8. The molecular formula is C15H23NO2. The van der Waals surface area contributed by atoms with Gasteiger partial charge in [-0.3, -0.25) is 0 Å². The topological polar surface area (TPSA) is 30.5 Å². The van der Waals surface area contributed by atoms with E-state index in [9.17, 15) is 0 Å². The fourth-order valence-corrected chi connectivity index (χ4v) is 1.62. The molecule has 0 heterocycles. The minimum Gasteiger partial charge on any atom is -0.494 e. The zero-order chi connectivity index (χ0) is 13.2. The van der Waals surface area contributed by atoms with Gasteiger partial charge in [0.15, 0.2) is 0 Å². The van der Waals surface area contributed by atoms with Gasteiger partial charge in [0.1, 0.15) is 5.75 Å². The third-order valence-electron chi connectivity index (χ3n) is 2.49. The highest BCUT2D eigenvalue weighted by molar-refractivity contribution is 5.53. The van der Waals surface area contributed by atoms with Crippen LogP contribution in [-0.4, -0.2) is 33.4 Å². The van der Waals surface area contributed by atoms with Crippen molar-refractivity contribution >= 4 is 6.08 Å². The first kappa shape index (κ1) is 14.7. The maximum absolute atomic E-state index is 5.41. The lowest BCUT2D eigenvalue weighted by Gasteiger charge is -2.05. The van der Waals surface area contributed by atoms with Crippen LogP contribution in [0.4, 0.5) is 0 Å². The average molecular weight is 249 g/mol. The number of hydrogen-bond donors (Lipinski definition) is 1. The van der Waals surface area contributed by atoms with Crippen LogP contribution in [0.2, 0.25) is 0 Å². The van der Waals surface area contributed by atoms with E-state index >= 15 is 0 Å². The first-order valence-electron chi connectivity index (χ1n) is 6.36. The molecule has 3 heteroatoms. The van der Waals surface area contributed by atoms with Crippen LogP contribution >= 0.6 is 0 Å². The summed E-state index contributed by atoms with van der Waals surface area (Å²) in [6.07, 6.45) is 2.18. The molecule has 0 saturated heterocycles. The number of hydrogen-bond acceptors (Lipinski definition) is 3. The zero-order valence-corrected chi connectivity index (χ0v) is 11.5. The van der Waals surface area contributed by atoms with E-state index in [1.165, 1.54) is 11.1 Å². The van der Waals surface area contributed by atoms with Crippen LogP contribution < -0.4 is 10.1 Å². The van der Waals surface area contributed by atoms with Crippen LogP contribution in [0.15, 0.2) is 29.8 Å². The molecule has 18 heavy (non-hydrogen) atoms. The van der Waals surface area contributed by atoms with Gasteiger partial charge in [-0.05, 0) is 31.5 Å². The Hall–Kier alpha value is -1.32. The molecule has 0 aliphatic heterocycles. The van der Waals surface area contributed by atoms with Crippen molar-refractivity contribution in [3.8, 4) is 5.75 Å². The molecule has 0 fully saturated rings. The van der Waals surface area contributed by atoms with E-state index in [-0.39, 0.29) is 0 Å². The Morgan fingerprint density at radius 2 is 2.00 bits per heavy atom. The number of ether oxygens (including phenoxy) is 2. The van der Waals surface area contributed by atoms with Crippen molar-refractivity contribution in [2.45, 2.75) is 13.8 Å².